The molecule has 2 aliphatic carbocycles. The first-order valence-corrected chi connectivity index (χ1v) is 9.79. The number of rotatable bonds is 8. The molecule has 4 fully saturated rings. The van der Waals surface area contributed by atoms with Gasteiger partial charge in [-0.1, -0.05) is 38.5 Å². The Kier molecular flexibility index (Phi) is 4.96. The summed E-state index contributed by atoms with van der Waals surface area (Å²) in [6.45, 7) is 3.33. The highest BCUT2D eigenvalue weighted by Crippen LogP contribution is 2.45. The zero-order chi connectivity index (χ0) is 15.6. The van der Waals surface area contributed by atoms with Crippen LogP contribution in [-0.4, -0.2) is 49.8 Å². The van der Waals surface area contributed by atoms with E-state index in [9.17, 15) is 0 Å². The van der Waals surface area contributed by atoms with Gasteiger partial charge < -0.3 is 18.9 Å². The summed E-state index contributed by atoms with van der Waals surface area (Å²) in [7, 11) is 0. The fourth-order valence-electron chi connectivity index (χ4n) is 4.59. The van der Waals surface area contributed by atoms with Gasteiger partial charge in [-0.05, 0) is 25.7 Å². The minimum absolute atomic E-state index is 0.0337. The van der Waals surface area contributed by atoms with E-state index in [1.807, 2.05) is 0 Å². The van der Waals surface area contributed by atoms with E-state index in [4.69, 9.17) is 18.9 Å². The van der Waals surface area contributed by atoms with E-state index in [1.165, 1.54) is 64.2 Å². The summed E-state index contributed by atoms with van der Waals surface area (Å²) in [6.07, 6.45) is 14.5. The first kappa shape index (κ1) is 16.3. The summed E-state index contributed by atoms with van der Waals surface area (Å²) >= 11 is 0. The zero-order valence-electron chi connectivity index (χ0n) is 14.4. The third kappa shape index (κ3) is 4.47. The van der Waals surface area contributed by atoms with Crippen LogP contribution in [0.1, 0.15) is 70.6 Å². The maximum Gasteiger partial charge on any atom is 0.104 e. The Morgan fingerprint density at radius 3 is 1.39 bits per heavy atom. The SMILES string of the molecule is C1CCC(CC2(OCC3CO3)CCCCC2)(OCC2CO2)CC1. The second-order valence-corrected chi connectivity index (χ2v) is 8.20. The standard InChI is InChI=1S/C19H32O4/c1-3-7-18(8-4-1,22-13-16-11-20-16)15-19(9-5-2-6-10-19)23-14-17-12-21-17/h16-17H,1-15H2. The highest BCUT2D eigenvalue weighted by molar-refractivity contribution is 4.97. The van der Waals surface area contributed by atoms with Crippen LogP contribution in [0.3, 0.4) is 0 Å². The molecule has 0 aromatic rings. The summed E-state index contributed by atoms with van der Waals surface area (Å²) < 4.78 is 23.8. The average Bonchev–Trinajstić information content (AvgIpc) is 3.48. The highest BCUT2D eigenvalue weighted by Gasteiger charge is 2.45. The lowest BCUT2D eigenvalue weighted by Crippen LogP contribution is -2.48. The van der Waals surface area contributed by atoms with Crippen LogP contribution < -0.4 is 0 Å². The Hall–Kier alpha value is -0.160. The van der Waals surface area contributed by atoms with Crippen molar-refractivity contribution < 1.29 is 18.9 Å². The maximum absolute atomic E-state index is 6.51. The third-order valence-corrected chi connectivity index (χ3v) is 6.13. The van der Waals surface area contributed by atoms with Gasteiger partial charge in [-0.3, -0.25) is 0 Å². The zero-order valence-corrected chi connectivity index (χ0v) is 14.4. The predicted molar refractivity (Wildman–Crippen MR) is 87.6 cm³/mol. The molecule has 2 saturated heterocycles. The molecule has 4 aliphatic rings. The Labute approximate surface area is 140 Å². The van der Waals surface area contributed by atoms with Crippen LogP contribution in [0.4, 0.5) is 0 Å². The molecule has 0 spiro atoms. The van der Waals surface area contributed by atoms with Gasteiger partial charge in [-0.2, -0.15) is 0 Å². The predicted octanol–water partition coefficient (Wildman–Crippen LogP) is 3.61. The summed E-state index contributed by atoms with van der Waals surface area (Å²) in [5.74, 6) is 0. The second-order valence-electron chi connectivity index (χ2n) is 8.20. The fourth-order valence-corrected chi connectivity index (χ4v) is 4.59. The molecule has 2 unspecified atom stereocenters. The van der Waals surface area contributed by atoms with E-state index in [-0.39, 0.29) is 11.2 Å². The first-order chi connectivity index (χ1) is 11.3. The van der Waals surface area contributed by atoms with Crippen LogP contribution in [0.5, 0.6) is 0 Å². The molecule has 2 aliphatic heterocycles. The van der Waals surface area contributed by atoms with E-state index >= 15 is 0 Å². The topological polar surface area (TPSA) is 43.5 Å². The van der Waals surface area contributed by atoms with Crippen molar-refractivity contribution in [2.24, 2.45) is 0 Å². The van der Waals surface area contributed by atoms with Crippen LogP contribution >= 0.6 is 0 Å². The molecule has 4 nitrogen and oxygen atoms in total. The van der Waals surface area contributed by atoms with Gasteiger partial charge in [0.1, 0.15) is 12.2 Å². The van der Waals surface area contributed by atoms with Crippen molar-refractivity contribution >= 4 is 0 Å². The lowest BCUT2D eigenvalue weighted by molar-refractivity contribution is -0.157. The van der Waals surface area contributed by atoms with Crippen molar-refractivity contribution in [1.82, 2.24) is 0 Å². The first-order valence-electron chi connectivity index (χ1n) is 9.79. The number of hydrogen-bond acceptors (Lipinski definition) is 4. The van der Waals surface area contributed by atoms with Crippen LogP contribution in [0.25, 0.3) is 0 Å². The molecule has 0 bridgehead atoms. The van der Waals surface area contributed by atoms with Crippen molar-refractivity contribution in [3.05, 3.63) is 0 Å². The molecule has 2 saturated carbocycles. The van der Waals surface area contributed by atoms with Gasteiger partial charge in [0.15, 0.2) is 0 Å². The average molecular weight is 324 g/mol. The molecule has 4 rings (SSSR count). The van der Waals surface area contributed by atoms with Gasteiger partial charge in [0, 0.05) is 6.42 Å². The van der Waals surface area contributed by atoms with Gasteiger partial charge in [-0.15, -0.1) is 0 Å². The van der Waals surface area contributed by atoms with Crippen LogP contribution in [-0.2, 0) is 18.9 Å². The smallest absolute Gasteiger partial charge is 0.104 e. The Morgan fingerprint density at radius 2 is 1.04 bits per heavy atom. The molecular weight excluding hydrogens is 292 g/mol. The van der Waals surface area contributed by atoms with E-state index < -0.39 is 0 Å². The summed E-state index contributed by atoms with van der Waals surface area (Å²) in [6, 6.07) is 0. The van der Waals surface area contributed by atoms with Gasteiger partial charge in [0.05, 0.1) is 37.6 Å². The van der Waals surface area contributed by atoms with Crippen molar-refractivity contribution in [1.29, 1.82) is 0 Å². The number of ether oxygens (including phenoxy) is 4. The van der Waals surface area contributed by atoms with Gasteiger partial charge in [0.2, 0.25) is 0 Å². The molecule has 4 heteroatoms. The number of hydrogen-bond donors (Lipinski definition) is 0. The minimum atomic E-state index is 0.0337. The van der Waals surface area contributed by atoms with Crippen molar-refractivity contribution in [3.8, 4) is 0 Å². The van der Waals surface area contributed by atoms with E-state index in [0.29, 0.717) is 12.2 Å². The molecule has 132 valence electrons. The Bertz CT molecular complexity index is 341. The van der Waals surface area contributed by atoms with E-state index in [2.05, 4.69) is 0 Å². The molecule has 2 atom stereocenters. The monoisotopic (exact) mass is 324 g/mol. The van der Waals surface area contributed by atoms with Crippen LogP contribution in [0.15, 0.2) is 0 Å². The second kappa shape index (κ2) is 6.99. The molecule has 0 radical (unpaired) electrons. The van der Waals surface area contributed by atoms with E-state index in [1.54, 1.807) is 0 Å². The van der Waals surface area contributed by atoms with Gasteiger partial charge in [0.25, 0.3) is 0 Å². The lowest BCUT2D eigenvalue weighted by Gasteiger charge is -2.46. The molecule has 0 aromatic heterocycles. The summed E-state index contributed by atoms with van der Waals surface area (Å²) in [4.78, 5) is 0. The highest BCUT2D eigenvalue weighted by atomic mass is 16.6. The quantitative estimate of drug-likeness (QED) is 0.640. The molecule has 0 amide bonds. The molecule has 0 N–H and O–H groups in total. The van der Waals surface area contributed by atoms with Crippen molar-refractivity contribution in [2.75, 3.05) is 26.4 Å². The lowest BCUT2D eigenvalue weighted by atomic mass is 9.71. The van der Waals surface area contributed by atoms with E-state index in [0.717, 1.165) is 32.8 Å². The molecular formula is C19H32O4. The third-order valence-electron chi connectivity index (χ3n) is 6.13. The maximum atomic E-state index is 6.51. The van der Waals surface area contributed by atoms with Gasteiger partial charge in [-0.25, -0.2) is 0 Å². The fraction of sp³-hybridized carbons (Fsp3) is 1.00. The summed E-state index contributed by atoms with van der Waals surface area (Å²) in [5, 5.41) is 0. The number of epoxide rings is 2. The van der Waals surface area contributed by atoms with Crippen molar-refractivity contribution in [2.45, 2.75) is 94.0 Å². The molecule has 2 heterocycles. The summed E-state index contributed by atoms with van der Waals surface area (Å²) in [5.41, 5.74) is 0.0674. The van der Waals surface area contributed by atoms with Crippen LogP contribution in [0.2, 0.25) is 0 Å². The Balaban J connectivity index is 1.43. The molecule has 23 heavy (non-hydrogen) atoms. The van der Waals surface area contributed by atoms with Gasteiger partial charge >= 0.3 is 0 Å². The largest absolute Gasteiger partial charge is 0.372 e. The Morgan fingerprint density at radius 1 is 0.652 bits per heavy atom. The minimum Gasteiger partial charge on any atom is -0.372 e. The van der Waals surface area contributed by atoms with Crippen LogP contribution in [0, 0.1) is 0 Å². The van der Waals surface area contributed by atoms with Crippen molar-refractivity contribution in [3.63, 3.8) is 0 Å². The normalized spacial score (nSPS) is 35.0. The molecule has 0 aromatic carbocycles.